The third-order valence-electron chi connectivity index (χ3n) is 3.08. The summed E-state index contributed by atoms with van der Waals surface area (Å²) in [7, 11) is 0. The first-order chi connectivity index (χ1) is 6.62. The van der Waals surface area contributed by atoms with Gasteiger partial charge < -0.3 is 0 Å². The first kappa shape index (κ1) is 12.5. The molecule has 2 unspecified atom stereocenters. The van der Waals surface area contributed by atoms with Crippen LogP contribution in [-0.2, 0) is 9.63 Å². The van der Waals surface area contributed by atoms with Crippen LogP contribution in [0.1, 0.15) is 48.0 Å². The van der Waals surface area contributed by atoms with Gasteiger partial charge in [0.15, 0.2) is 0 Å². The van der Waals surface area contributed by atoms with Crippen molar-refractivity contribution in [3.05, 3.63) is 0 Å². The fraction of sp³-hybridized carbons (Fsp3) is 0.917. The fourth-order valence-corrected chi connectivity index (χ4v) is 1.85. The third kappa shape index (κ3) is 2.94. The lowest BCUT2D eigenvalue weighted by Gasteiger charge is -2.41. The van der Waals surface area contributed by atoms with Crippen molar-refractivity contribution in [2.24, 2.45) is 16.7 Å². The number of rotatable bonds is 0. The van der Waals surface area contributed by atoms with Crippen LogP contribution in [0.4, 0.5) is 0 Å². The highest BCUT2D eigenvalue weighted by atomic mass is 16.7. The second kappa shape index (κ2) is 3.78. The lowest BCUT2D eigenvalue weighted by atomic mass is 9.73. The van der Waals surface area contributed by atoms with E-state index in [0.717, 1.165) is 6.42 Å². The molecule has 3 nitrogen and oxygen atoms in total. The van der Waals surface area contributed by atoms with Gasteiger partial charge in [0.25, 0.3) is 0 Å². The van der Waals surface area contributed by atoms with Crippen LogP contribution in [0.2, 0.25) is 0 Å². The molecule has 0 bridgehead atoms. The number of carbonyl (C=O) groups excluding carboxylic acids is 1. The highest BCUT2D eigenvalue weighted by Crippen LogP contribution is 2.37. The molecule has 0 saturated carbocycles. The maximum Gasteiger partial charge on any atom is 0.247 e. The van der Waals surface area contributed by atoms with Gasteiger partial charge in [0.05, 0.1) is 6.10 Å². The topological polar surface area (TPSA) is 38.3 Å². The van der Waals surface area contributed by atoms with Crippen molar-refractivity contribution in [2.45, 2.75) is 54.1 Å². The average Bonchev–Trinajstić information content (AvgIpc) is 2.00. The standard InChI is InChI=1S/C12H23NO2/c1-11(2,3)8-7-9(12(4,5)6)15-13-10(8)14/h8-9H,7H2,1-6H3,(H,13,14). The minimum absolute atomic E-state index is 0.00262. The SMILES string of the molecule is CC(C)(C)C1CC(C(C)(C)C)C(=O)NO1. The number of carbonyl (C=O) groups is 1. The predicted octanol–water partition coefficient (Wildman–Crippen LogP) is 2.51. The molecular weight excluding hydrogens is 190 g/mol. The van der Waals surface area contributed by atoms with Crippen molar-refractivity contribution >= 4 is 5.91 Å². The predicted molar refractivity (Wildman–Crippen MR) is 60.0 cm³/mol. The molecule has 1 aliphatic rings. The summed E-state index contributed by atoms with van der Waals surface area (Å²) in [4.78, 5) is 17.1. The van der Waals surface area contributed by atoms with Gasteiger partial charge in [-0.1, -0.05) is 41.5 Å². The van der Waals surface area contributed by atoms with Crippen LogP contribution >= 0.6 is 0 Å². The molecule has 1 saturated heterocycles. The Labute approximate surface area is 92.5 Å². The number of nitrogens with one attached hydrogen (secondary N) is 1. The van der Waals surface area contributed by atoms with Crippen molar-refractivity contribution < 1.29 is 9.63 Å². The average molecular weight is 213 g/mol. The first-order valence-corrected chi connectivity index (χ1v) is 5.58. The van der Waals surface area contributed by atoms with Crippen LogP contribution in [0.3, 0.4) is 0 Å². The van der Waals surface area contributed by atoms with E-state index in [1.165, 1.54) is 0 Å². The molecule has 1 amide bonds. The molecule has 1 N–H and O–H groups in total. The van der Waals surface area contributed by atoms with E-state index in [1.807, 2.05) is 0 Å². The summed E-state index contributed by atoms with van der Waals surface area (Å²) in [6, 6.07) is 0. The Morgan fingerprint density at radius 1 is 1.13 bits per heavy atom. The van der Waals surface area contributed by atoms with Gasteiger partial charge in [0, 0.05) is 5.92 Å². The van der Waals surface area contributed by atoms with Crippen LogP contribution in [0.25, 0.3) is 0 Å². The van der Waals surface area contributed by atoms with E-state index in [9.17, 15) is 4.79 Å². The summed E-state index contributed by atoms with van der Waals surface area (Å²) in [5.74, 6) is 0.0541. The molecular formula is C12H23NO2. The summed E-state index contributed by atoms with van der Waals surface area (Å²) in [6.45, 7) is 12.7. The second-order valence-corrected chi connectivity index (χ2v) is 6.59. The molecule has 0 spiro atoms. The molecule has 0 aromatic carbocycles. The van der Waals surface area contributed by atoms with Crippen molar-refractivity contribution in [2.75, 3.05) is 0 Å². The Kier molecular flexibility index (Phi) is 3.15. The molecule has 1 heterocycles. The zero-order valence-corrected chi connectivity index (χ0v) is 10.7. The van der Waals surface area contributed by atoms with Gasteiger partial charge >= 0.3 is 0 Å². The minimum Gasteiger partial charge on any atom is -0.272 e. The van der Waals surface area contributed by atoms with E-state index in [1.54, 1.807) is 0 Å². The highest BCUT2D eigenvalue weighted by Gasteiger charge is 2.41. The van der Waals surface area contributed by atoms with E-state index in [0.29, 0.717) is 0 Å². The normalized spacial score (nSPS) is 28.8. The molecule has 1 aliphatic heterocycles. The summed E-state index contributed by atoms with van der Waals surface area (Å²) in [5, 5.41) is 0. The molecule has 15 heavy (non-hydrogen) atoms. The van der Waals surface area contributed by atoms with Gasteiger partial charge in [0.1, 0.15) is 0 Å². The lowest BCUT2D eigenvalue weighted by molar-refractivity contribution is -0.172. The summed E-state index contributed by atoms with van der Waals surface area (Å²) in [5.41, 5.74) is 2.62. The van der Waals surface area contributed by atoms with Crippen LogP contribution in [0.15, 0.2) is 0 Å². The molecule has 3 heteroatoms. The van der Waals surface area contributed by atoms with Gasteiger partial charge in [-0.3, -0.25) is 9.63 Å². The Hall–Kier alpha value is -0.570. The molecule has 1 rings (SSSR count). The zero-order valence-electron chi connectivity index (χ0n) is 10.7. The molecule has 0 radical (unpaired) electrons. The van der Waals surface area contributed by atoms with E-state index >= 15 is 0 Å². The van der Waals surface area contributed by atoms with Gasteiger partial charge in [-0.2, -0.15) is 0 Å². The summed E-state index contributed by atoms with van der Waals surface area (Å²) < 4.78 is 0. The van der Waals surface area contributed by atoms with Crippen molar-refractivity contribution in [3.8, 4) is 0 Å². The number of hydroxylamine groups is 1. The van der Waals surface area contributed by atoms with E-state index in [-0.39, 0.29) is 28.8 Å². The third-order valence-corrected chi connectivity index (χ3v) is 3.08. The number of amides is 1. The summed E-state index contributed by atoms with van der Waals surface area (Å²) in [6.07, 6.45) is 0.901. The van der Waals surface area contributed by atoms with Gasteiger partial charge in [0.2, 0.25) is 5.91 Å². The molecule has 2 atom stereocenters. The van der Waals surface area contributed by atoms with Crippen molar-refractivity contribution in [3.63, 3.8) is 0 Å². The van der Waals surface area contributed by atoms with Crippen molar-refractivity contribution in [1.82, 2.24) is 5.48 Å². The zero-order chi connectivity index (χ0) is 11.9. The number of hydrogen-bond donors (Lipinski definition) is 1. The molecule has 1 fully saturated rings. The van der Waals surface area contributed by atoms with Crippen molar-refractivity contribution in [1.29, 1.82) is 0 Å². The lowest BCUT2D eigenvalue weighted by Crippen LogP contribution is -2.50. The first-order valence-electron chi connectivity index (χ1n) is 5.58. The Bertz CT molecular complexity index is 247. The monoisotopic (exact) mass is 213 g/mol. The number of hydrogen-bond acceptors (Lipinski definition) is 2. The highest BCUT2D eigenvalue weighted by molar-refractivity contribution is 5.79. The van der Waals surface area contributed by atoms with E-state index in [2.05, 4.69) is 47.0 Å². The maximum atomic E-state index is 11.7. The molecule has 0 aromatic heterocycles. The van der Waals surface area contributed by atoms with Gasteiger partial charge in [-0.15, -0.1) is 0 Å². The van der Waals surface area contributed by atoms with Gasteiger partial charge in [-0.05, 0) is 17.3 Å². The van der Waals surface area contributed by atoms with Crippen LogP contribution < -0.4 is 5.48 Å². The largest absolute Gasteiger partial charge is 0.272 e. The van der Waals surface area contributed by atoms with Gasteiger partial charge in [-0.25, -0.2) is 5.48 Å². The van der Waals surface area contributed by atoms with Crippen LogP contribution in [0.5, 0.6) is 0 Å². The maximum absolute atomic E-state index is 11.7. The Morgan fingerprint density at radius 2 is 1.67 bits per heavy atom. The smallest absolute Gasteiger partial charge is 0.247 e. The minimum atomic E-state index is -0.00262. The van der Waals surface area contributed by atoms with E-state index in [4.69, 9.17) is 4.84 Å². The second-order valence-electron chi connectivity index (χ2n) is 6.59. The Morgan fingerprint density at radius 3 is 2.07 bits per heavy atom. The Balaban J connectivity index is 2.78. The summed E-state index contributed by atoms with van der Waals surface area (Å²) >= 11 is 0. The molecule has 0 aromatic rings. The molecule has 88 valence electrons. The molecule has 0 aliphatic carbocycles. The fourth-order valence-electron chi connectivity index (χ4n) is 1.85. The van der Waals surface area contributed by atoms with Crippen LogP contribution in [-0.4, -0.2) is 12.0 Å². The van der Waals surface area contributed by atoms with E-state index < -0.39 is 0 Å². The quantitative estimate of drug-likeness (QED) is 0.671. The van der Waals surface area contributed by atoms with Crippen LogP contribution in [0, 0.1) is 16.7 Å².